The van der Waals surface area contributed by atoms with E-state index >= 15 is 0 Å². The van der Waals surface area contributed by atoms with Gasteiger partial charge in [0.15, 0.2) is 0 Å². The number of hydrogen-bond donors (Lipinski definition) is 0. The average Bonchev–Trinajstić information content (AvgIpc) is 2.61. The maximum absolute atomic E-state index is 12.1. The second kappa shape index (κ2) is 8.88. The quantitative estimate of drug-likeness (QED) is 0.574. The molecule has 0 saturated carbocycles. The van der Waals surface area contributed by atoms with Gasteiger partial charge in [-0.25, -0.2) is 0 Å². The Hall–Kier alpha value is -2.29. The zero-order chi connectivity index (χ0) is 19.2. The number of ether oxygens (including phenoxy) is 2. The first-order chi connectivity index (χ1) is 12.3. The Kier molecular flexibility index (Phi) is 6.84. The van der Waals surface area contributed by atoms with Crippen molar-refractivity contribution in [1.82, 2.24) is 0 Å². The Morgan fingerprint density at radius 3 is 2.35 bits per heavy atom. The van der Waals surface area contributed by atoms with Crippen LogP contribution in [0, 0.1) is 0 Å². The van der Waals surface area contributed by atoms with Crippen LogP contribution in [0.4, 0.5) is 0 Å². The van der Waals surface area contributed by atoms with Gasteiger partial charge in [-0.3, -0.25) is 4.79 Å². The summed E-state index contributed by atoms with van der Waals surface area (Å²) in [5.41, 5.74) is 3.02. The summed E-state index contributed by atoms with van der Waals surface area (Å²) >= 11 is 0. The third-order valence-electron chi connectivity index (χ3n) is 4.39. The van der Waals surface area contributed by atoms with Crippen molar-refractivity contribution >= 4 is 5.97 Å². The van der Waals surface area contributed by atoms with E-state index in [0.29, 0.717) is 12.3 Å². The van der Waals surface area contributed by atoms with Gasteiger partial charge in [0.1, 0.15) is 11.4 Å². The van der Waals surface area contributed by atoms with E-state index in [9.17, 15) is 4.79 Å². The van der Waals surface area contributed by atoms with Gasteiger partial charge in [-0.15, -0.1) is 0 Å². The largest absolute Gasteiger partial charge is 0.496 e. The third-order valence-corrected chi connectivity index (χ3v) is 4.39. The van der Waals surface area contributed by atoms with Crippen LogP contribution in [0.5, 0.6) is 5.75 Å². The molecular formula is C23H30O3. The van der Waals surface area contributed by atoms with Gasteiger partial charge in [-0.1, -0.05) is 43.3 Å². The Morgan fingerprint density at radius 2 is 1.77 bits per heavy atom. The zero-order valence-electron chi connectivity index (χ0n) is 16.5. The molecule has 0 fully saturated rings. The van der Waals surface area contributed by atoms with Crippen molar-refractivity contribution in [3.05, 3.63) is 54.1 Å². The van der Waals surface area contributed by atoms with Crippen molar-refractivity contribution in [2.75, 3.05) is 7.11 Å². The van der Waals surface area contributed by atoms with Gasteiger partial charge in [0.2, 0.25) is 0 Å². The van der Waals surface area contributed by atoms with Crippen LogP contribution < -0.4 is 4.74 Å². The van der Waals surface area contributed by atoms with Crippen LogP contribution in [-0.4, -0.2) is 18.7 Å². The summed E-state index contributed by atoms with van der Waals surface area (Å²) in [7, 11) is 1.70. The zero-order valence-corrected chi connectivity index (χ0v) is 16.5. The minimum atomic E-state index is -0.431. The van der Waals surface area contributed by atoms with Crippen LogP contribution in [0.1, 0.15) is 58.4 Å². The van der Waals surface area contributed by atoms with Crippen molar-refractivity contribution in [3.63, 3.8) is 0 Å². The van der Waals surface area contributed by atoms with Crippen LogP contribution in [0.2, 0.25) is 0 Å². The third kappa shape index (κ3) is 5.62. The molecule has 0 N–H and O–H groups in total. The summed E-state index contributed by atoms with van der Waals surface area (Å²) < 4.78 is 11.0. The van der Waals surface area contributed by atoms with Crippen LogP contribution in [0.25, 0.3) is 11.1 Å². The van der Waals surface area contributed by atoms with Crippen molar-refractivity contribution < 1.29 is 14.3 Å². The lowest BCUT2D eigenvalue weighted by Crippen LogP contribution is -2.24. The van der Waals surface area contributed by atoms with Crippen LogP contribution in [-0.2, 0) is 9.53 Å². The minimum Gasteiger partial charge on any atom is -0.496 e. The average molecular weight is 354 g/mol. The second-order valence-corrected chi connectivity index (χ2v) is 7.56. The van der Waals surface area contributed by atoms with Crippen molar-refractivity contribution in [3.8, 4) is 16.9 Å². The lowest BCUT2D eigenvalue weighted by Gasteiger charge is -2.21. The molecule has 0 radical (unpaired) electrons. The predicted molar refractivity (Wildman–Crippen MR) is 107 cm³/mol. The first-order valence-electron chi connectivity index (χ1n) is 9.29. The summed E-state index contributed by atoms with van der Waals surface area (Å²) in [4.78, 5) is 12.1. The Morgan fingerprint density at radius 1 is 1.08 bits per heavy atom. The number of methoxy groups -OCH3 is 1. The van der Waals surface area contributed by atoms with Crippen molar-refractivity contribution in [1.29, 1.82) is 0 Å². The molecule has 0 aromatic heterocycles. The molecule has 2 aromatic carbocycles. The summed E-state index contributed by atoms with van der Waals surface area (Å²) in [5, 5.41) is 0. The molecule has 3 heteroatoms. The molecule has 140 valence electrons. The smallest absolute Gasteiger partial charge is 0.306 e. The molecule has 0 bridgehead atoms. The molecular weight excluding hydrogens is 324 g/mol. The van der Waals surface area contributed by atoms with E-state index in [1.807, 2.05) is 45.0 Å². The number of carbonyl (C=O) groups is 1. The molecule has 0 unspecified atom stereocenters. The summed E-state index contributed by atoms with van der Waals surface area (Å²) in [6.07, 6.45) is 2.19. The summed E-state index contributed by atoms with van der Waals surface area (Å²) in [6, 6.07) is 16.6. The van der Waals surface area contributed by atoms with E-state index in [0.717, 1.165) is 29.7 Å². The van der Waals surface area contributed by atoms with Gasteiger partial charge in [0.25, 0.3) is 0 Å². The molecule has 0 aliphatic carbocycles. The molecule has 0 aliphatic heterocycles. The molecule has 0 saturated heterocycles. The molecule has 2 rings (SSSR count). The molecule has 0 aliphatic rings. The van der Waals surface area contributed by atoms with Gasteiger partial charge in [-0.05, 0) is 62.8 Å². The van der Waals surface area contributed by atoms with E-state index in [1.54, 1.807) is 7.11 Å². The Balaban J connectivity index is 2.19. The summed E-state index contributed by atoms with van der Waals surface area (Å²) in [5.74, 6) is 1.05. The minimum absolute atomic E-state index is 0.132. The van der Waals surface area contributed by atoms with E-state index in [4.69, 9.17) is 9.47 Å². The molecule has 0 amide bonds. The molecule has 0 heterocycles. The highest BCUT2D eigenvalue weighted by Crippen LogP contribution is 2.35. The number of esters is 1. The van der Waals surface area contributed by atoms with Crippen LogP contribution >= 0.6 is 0 Å². The van der Waals surface area contributed by atoms with E-state index in [-0.39, 0.29) is 5.97 Å². The fraction of sp³-hybridized carbons (Fsp3) is 0.435. The lowest BCUT2D eigenvalue weighted by atomic mass is 9.89. The van der Waals surface area contributed by atoms with Crippen LogP contribution in [0.3, 0.4) is 0 Å². The molecule has 26 heavy (non-hydrogen) atoms. The van der Waals surface area contributed by atoms with Crippen LogP contribution in [0.15, 0.2) is 48.5 Å². The number of rotatable bonds is 7. The van der Waals surface area contributed by atoms with Gasteiger partial charge in [0.05, 0.1) is 7.11 Å². The van der Waals surface area contributed by atoms with Gasteiger partial charge < -0.3 is 9.47 Å². The van der Waals surface area contributed by atoms with Gasteiger partial charge in [0, 0.05) is 12.0 Å². The van der Waals surface area contributed by atoms with E-state index < -0.39 is 5.60 Å². The topological polar surface area (TPSA) is 35.5 Å². The standard InChI is InChI=1S/C23H30O3/c1-6-17(13-15-22(24)26-23(2,3)4)19-12-14-21(25-5)20(16-19)18-10-8-7-9-11-18/h7-12,14,16-17H,6,13,15H2,1-5H3/t17-/m0/s1. The molecule has 0 spiro atoms. The predicted octanol–water partition coefficient (Wildman–Crippen LogP) is 5.98. The molecule has 1 atom stereocenters. The monoisotopic (exact) mass is 354 g/mol. The molecule has 3 nitrogen and oxygen atoms in total. The van der Waals surface area contributed by atoms with Crippen molar-refractivity contribution in [2.24, 2.45) is 0 Å². The van der Waals surface area contributed by atoms with Gasteiger partial charge >= 0.3 is 5.97 Å². The first-order valence-corrected chi connectivity index (χ1v) is 9.29. The van der Waals surface area contributed by atoms with Crippen molar-refractivity contribution in [2.45, 2.75) is 58.5 Å². The van der Waals surface area contributed by atoms with E-state index in [1.165, 1.54) is 5.56 Å². The summed E-state index contributed by atoms with van der Waals surface area (Å²) in [6.45, 7) is 7.86. The highest BCUT2D eigenvalue weighted by atomic mass is 16.6. The number of hydrogen-bond acceptors (Lipinski definition) is 3. The Labute approximate surface area is 157 Å². The molecule has 2 aromatic rings. The number of carbonyl (C=O) groups excluding carboxylic acids is 1. The van der Waals surface area contributed by atoms with Gasteiger partial charge in [-0.2, -0.15) is 0 Å². The highest BCUT2D eigenvalue weighted by molar-refractivity contribution is 5.72. The maximum Gasteiger partial charge on any atom is 0.306 e. The second-order valence-electron chi connectivity index (χ2n) is 7.56. The Bertz CT molecular complexity index is 714. The fourth-order valence-corrected chi connectivity index (χ4v) is 3.11. The first kappa shape index (κ1) is 20.0. The lowest BCUT2D eigenvalue weighted by molar-refractivity contribution is -0.155. The normalized spacial score (nSPS) is 12.5. The number of benzene rings is 2. The van der Waals surface area contributed by atoms with E-state index in [2.05, 4.69) is 31.2 Å². The maximum atomic E-state index is 12.1. The highest BCUT2D eigenvalue weighted by Gasteiger charge is 2.19. The fourth-order valence-electron chi connectivity index (χ4n) is 3.11. The SMILES string of the molecule is CC[C@@H](CCC(=O)OC(C)(C)C)c1ccc(OC)c(-c2ccccc2)c1.